The molecule has 104 valence electrons. The van der Waals surface area contributed by atoms with Crippen LogP contribution in [-0.4, -0.2) is 32.1 Å². The highest BCUT2D eigenvalue weighted by molar-refractivity contribution is 7.89. The van der Waals surface area contributed by atoms with Crippen molar-refractivity contribution in [1.29, 1.82) is 0 Å². The van der Waals surface area contributed by atoms with Gasteiger partial charge in [-0.25, -0.2) is 17.9 Å². The van der Waals surface area contributed by atoms with Crippen LogP contribution >= 0.6 is 0 Å². The van der Waals surface area contributed by atoms with Crippen LogP contribution < -0.4 is 10.2 Å². The van der Waals surface area contributed by atoms with Crippen LogP contribution in [0, 0.1) is 0 Å². The largest absolute Gasteiger partial charge is 0.479 e. The second-order valence-electron chi connectivity index (χ2n) is 4.20. The van der Waals surface area contributed by atoms with Crippen LogP contribution in [0.4, 0.5) is 5.69 Å². The van der Waals surface area contributed by atoms with Gasteiger partial charge in [0.15, 0.2) is 6.61 Å². The van der Waals surface area contributed by atoms with Crippen molar-refractivity contribution in [1.82, 2.24) is 4.72 Å². The van der Waals surface area contributed by atoms with E-state index < -0.39 is 22.6 Å². The number of aliphatic carboxylic acids is 1. The van der Waals surface area contributed by atoms with Crippen LogP contribution in [0.3, 0.4) is 0 Å². The van der Waals surface area contributed by atoms with Gasteiger partial charge in [-0.1, -0.05) is 0 Å². The van der Waals surface area contributed by atoms with Crippen LogP contribution in [0.5, 0.6) is 0 Å². The lowest BCUT2D eigenvalue weighted by molar-refractivity contribution is -0.141. The summed E-state index contributed by atoms with van der Waals surface area (Å²) in [5, 5.41) is 8.38. The highest BCUT2D eigenvalue weighted by Gasteiger charge is 2.27. The van der Waals surface area contributed by atoms with Crippen molar-refractivity contribution in [3.05, 3.63) is 24.3 Å². The lowest BCUT2D eigenvalue weighted by Gasteiger charge is -2.07. The third-order valence-corrected chi connectivity index (χ3v) is 3.99. The van der Waals surface area contributed by atoms with Gasteiger partial charge < -0.3 is 5.11 Å². The average molecular weight is 286 g/mol. The number of carbonyl (C=O) groups is 1. The molecule has 19 heavy (non-hydrogen) atoms. The van der Waals surface area contributed by atoms with Crippen LogP contribution in [0.25, 0.3) is 0 Å². The fraction of sp³-hybridized carbons (Fsp3) is 0.364. The molecule has 0 atom stereocenters. The van der Waals surface area contributed by atoms with Gasteiger partial charge in [-0.3, -0.25) is 10.3 Å². The normalized spacial score (nSPS) is 15.2. The Morgan fingerprint density at radius 2 is 1.95 bits per heavy atom. The molecule has 7 nitrogen and oxygen atoms in total. The molecule has 1 aromatic carbocycles. The van der Waals surface area contributed by atoms with Gasteiger partial charge in [0.25, 0.3) is 0 Å². The molecule has 1 aliphatic rings. The van der Waals surface area contributed by atoms with Crippen LogP contribution in [0.1, 0.15) is 12.8 Å². The second kappa shape index (κ2) is 5.55. The summed E-state index contributed by atoms with van der Waals surface area (Å²) in [6.07, 6.45) is 1.75. The maximum Gasteiger partial charge on any atom is 0.332 e. The van der Waals surface area contributed by atoms with Gasteiger partial charge in [-0.2, -0.15) is 0 Å². The van der Waals surface area contributed by atoms with Crippen molar-refractivity contribution in [3.63, 3.8) is 0 Å². The summed E-state index contributed by atoms with van der Waals surface area (Å²) < 4.78 is 26.3. The van der Waals surface area contributed by atoms with E-state index >= 15 is 0 Å². The van der Waals surface area contributed by atoms with Crippen molar-refractivity contribution < 1.29 is 23.2 Å². The highest BCUT2D eigenvalue weighted by atomic mass is 32.2. The molecule has 0 amide bonds. The number of sulfonamides is 1. The first-order chi connectivity index (χ1) is 8.97. The molecular formula is C11H14N2O5S. The SMILES string of the molecule is O=C(O)CONc1ccc(S(=O)(=O)NC2CC2)cc1. The summed E-state index contributed by atoms with van der Waals surface area (Å²) in [6, 6.07) is 5.92. The highest BCUT2D eigenvalue weighted by Crippen LogP contribution is 2.22. The number of hydrogen-bond acceptors (Lipinski definition) is 5. The first kappa shape index (κ1) is 13.8. The van der Waals surface area contributed by atoms with Crippen molar-refractivity contribution >= 4 is 21.7 Å². The van der Waals surface area contributed by atoms with Crippen LogP contribution in [-0.2, 0) is 19.7 Å². The number of benzene rings is 1. The first-order valence-corrected chi connectivity index (χ1v) is 7.18. The van der Waals surface area contributed by atoms with E-state index in [0.29, 0.717) is 5.69 Å². The summed E-state index contributed by atoms with van der Waals surface area (Å²) in [6.45, 7) is -0.483. The molecule has 0 aromatic heterocycles. The van der Waals surface area contributed by atoms with Gasteiger partial charge in [0.1, 0.15) is 0 Å². The Labute approximate surface area is 110 Å². The van der Waals surface area contributed by atoms with Crippen molar-refractivity contribution in [2.24, 2.45) is 0 Å². The lowest BCUT2D eigenvalue weighted by Crippen LogP contribution is -2.25. The van der Waals surface area contributed by atoms with E-state index in [2.05, 4.69) is 15.0 Å². The zero-order valence-corrected chi connectivity index (χ0v) is 10.8. The Balaban J connectivity index is 1.95. The summed E-state index contributed by atoms with van der Waals surface area (Å²) >= 11 is 0. The number of carboxylic acids is 1. The molecule has 1 aromatic rings. The van der Waals surface area contributed by atoms with Gasteiger partial charge in [-0.05, 0) is 37.1 Å². The smallest absolute Gasteiger partial charge is 0.332 e. The standard InChI is InChI=1S/C11H14N2O5S/c14-11(15)7-18-12-8-3-5-10(6-4-8)19(16,17)13-9-1-2-9/h3-6,9,12-13H,1-2,7H2,(H,14,15). The molecule has 0 spiro atoms. The zero-order chi connectivity index (χ0) is 13.9. The van der Waals surface area contributed by atoms with E-state index in [9.17, 15) is 13.2 Å². The average Bonchev–Trinajstić information content (AvgIpc) is 3.12. The first-order valence-electron chi connectivity index (χ1n) is 5.69. The molecule has 2 rings (SSSR count). The Bertz CT molecular complexity index is 551. The monoisotopic (exact) mass is 286 g/mol. The molecule has 0 saturated heterocycles. The fourth-order valence-electron chi connectivity index (χ4n) is 1.37. The van der Waals surface area contributed by atoms with Gasteiger partial charge in [0, 0.05) is 6.04 Å². The molecule has 1 saturated carbocycles. The predicted octanol–water partition coefficient (Wildman–Crippen LogP) is 0.555. The molecule has 8 heteroatoms. The molecule has 0 heterocycles. The predicted molar refractivity (Wildman–Crippen MR) is 67.0 cm³/mol. The molecule has 1 fully saturated rings. The molecular weight excluding hydrogens is 272 g/mol. The summed E-state index contributed by atoms with van der Waals surface area (Å²) in [7, 11) is -3.46. The van der Waals surface area contributed by atoms with Gasteiger partial charge in [0.2, 0.25) is 10.0 Å². The summed E-state index contributed by atoms with van der Waals surface area (Å²) in [5.74, 6) is -1.10. The van der Waals surface area contributed by atoms with Crippen molar-refractivity contribution in [2.75, 3.05) is 12.1 Å². The minimum atomic E-state index is -3.46. The molecule has 0 aliphatic heterocycles. The van der Waals surface area contributed by atoms with Crippen LogP contribution in [0.15, 0.2) is 29.2 Å². The third kappa shape index (κ3) is 4.19. The third-order valence-electron chi connectivity index (χ3n) is 2.45. The Morgan fingerprint density at radius 3 is 2.47 bits per heavy atom. The maximum atomic E-state index is 11.9. The molecule has 0 unspecified atom stereocenters. The second-order valence-corrected chi connectivity index (χ2v) is 5.92. The topological polar surface area (TPSA) is 105 Å². The number of hydrogen-bond donors (Lipinski definition) is 3. The number of rotatable bonds is 7. The van der Waals surface area contributed by atoms with Gasteiger partial charge in [-0.15, -0.1) is 0 Å². The van der Waals surface area contributed by atoms with Crippen molar-refractivity contribution in [2.45, 2.75) is 23.8 Å². The minimum Gasteiger partial charge on any atom is -0.479 e. The van der Waals surface area contributed by atoms with Gasteiger partial charge in [0.05, 0.1) is 10.6 Å². The number of anilines is 1. The number of carboxylic acid groups (broad SMARTS) is 1. The van der Waals surface area contributed by atoms with E-state index in [1.54, 1.807) is 0 Å². The molecule has 1 aliphatic carbocycles. The van der Waals surface area contributed by atoms with E-state index in [4.69, 9.17) is 5.11 Å². The van der Waals surface area contributed by atoms with Crippen molar-refractivity contribution in [3.8, 4) is 0 Å². The summed E-state index contributed by atoms with van der Waals surface area (Å²) in [5.41, 5.74) is 2.89. The van der Waals surface area contributed by atoms with Crippen LogP contribution in [0.2, 0.25) is 0 Å². The summed E-state index contributed by atoms with van der Waals surface area (Å²) in [4.78, 5) is 15.1. The fourth-order valence-corrected chi connectivity index (χ4v) is 2.68. The van der Waals surface area contributed by atoms with E-state index in [1.165, 1.54) is 24.3 Å². The van der Waals surface area contributed by atoms with E-state index in [1.807, 2.05) is 0 Å². The number of nitrogens with one attached hydrogen (secondary N) is 2. The van der Waals surface area contributed by atoms with E-state index in [0.717, 1.165) is 12.8 Å². The lowest BCUT2D eigenvalue weighted by atomic mass is 10.3. The maximum absolute atomic E-state index is 11.9. The Morgan fingerprint density at radius 1 is 1.32 bits per heavy atom. The zero-order valence-electron chi connectivity index (χ0n) is 10.00. The molecule has 0 bridgehead atoms. The molecule has 3 N–H and O–H groups in total. The quantitative estimate of drug-likeness (QED) is 0.632. The van der Waals surface area contributed by atoms with E-state index in [-0.39, 0.29) is 10.9 Å². The van der Waals surface area contributed by atoms with Gasteiger partial charge >= 0.3 is 5.97 Å². The molecule has 0 radical (unpaired) electrons. The minimum absolute atomic E-state index is 0.0571. The Hall–Kier alpha value is -1.64. The Kier molecular flexibility index (Phi) is 4.03.